The van der Waals surface area contributed by atoms with E-state index in [1.54, 1.807) is 0 Å². The number of aromatic nitrogens is 1. The predicted molar refractivity (Wildman–Crippen MR) is 86.0 cm³/mol. The molecule has 2 N–H and O–H groups in total. The lowest BCUT2D eigenvalue weighted by molar-refractivity contribution is -0.138. The van der Waals surface area contributed by atoms with Gasteiger partial charge in [-0.3, -0.25) is 0 Å². The Morgan fingerprint density at radius 2 is 2.00 bits per heavy atom. The van der Waals surface area contributed by atoms with Gasteiger partial charge in [0.25, 0.3) is 0 Å². The van der Waals surface area contributed by atoms with Gasteiger partial charge in [-0.2, -0.15) is 0 Å². The molecule has 0 amide bonds. The predicted octanol–water partition coefficient (Wildman–Crippen LogP) is 3.99. The molecule has 1 aromatic carbocycles. The first-order chi connectivity index (χ1) is 9.79. The first kappa shape index (κ1) is 15.5. The molecule has 1 heterocycles. The summed E-state index contributed by atoms with van der Waals surface area (Å²) in [5, 5.41) is 15.3. The Morgan fingerprint density at radius 1 is 1.33 bits per heavy atom. The summed E-state index contributed by atoms with van der Waals surface area (Å²) in [6, 6.07) is 6.80. The maximum Gasteiger partial charge on any atom is 0.332 e. The molecular weight excluding hydrogens is 284 g/mol. The molecule has 0 aliphatic heterocycles. The molecule has 0 radical (unpaired) electrons. The summed E-state index contributed by atoms with van der Waals surface area (Å²) in [5.41, 5.74) is 2.31. The Morgan fingerprint density at radius 3 is 2.52 bits per heavy atom. The van der Waals surface area contributed by atoms with Crippen LogP contribution < -0.4 is 5.32 Å². The molecule has 0 aliphatic rings. The second-order valence-electron chi connectivity index (χ2n) is 6.06. The van der Waals surface area contributed by atoms with E-state index in [1.165, 1.54) is 11.3 Å². The van der Waals surface area contributed by atoms with Gasteiger partial charge in [-0.05, 0) is 18.6 Å². The van der Waals surface area contributed by atoms with Crippen LogP contribution in [0.15, 0.2) is 29.6 Å². The molecule has 5 heteroatoms. The number of carboxylic acids is 1. The van der Waals surface area contributed by atoms with E-state index in [0.717, 1.165) is 16.3 Å². The number of carboxylic acid groups (broad SMARTS) is 1. The Labute approximate surface area is 128 Å². The lowest BCUT2D eigenvalue weighted by Gasteiger charge is -2.17. The van der Waals surface area contributed by atoms with Crippen LogP contribution in [0, 0.1) is 6.92 Å². The molecule has 112 valence electrons. The number of aryl methyl sites for hydroxylation is 1. The smallest absolute Gasteiger partial charge is 0.332 e. The van der Waals surface area contributed by atoms with E-state index in [1.807, 2.05) is 36.6 Å². The first-order valence-electron chi connectivity index (χ1n) is 6.80. The molecule has 0 aliphatic carbocycles. The first-order valence-corrected chi connectivity index (χ1v) is 7.68. The molecule has 1 atom stereocenters. The number of para-hydroxylation sites is 1. The number of thiazole rings is 1. The van der Waals surface area contributed by atoms with E-state index in [-0.39, 0.29) is 5.41 Å². The minimum Gasteiger partial charge on any atom is -0.479 e. The molecule has 4 nitrogen and oxygen atoms in total. The van der Waals surface area contributed by atoms with E-state index in [2.05, 4.69) is 31.1 Å². The van der Waals surface area contributed by atoms with Gasteiger partial charge in [-0.1, -0.05) is 39.0 Å². The van der Waals surface area contributed by atoms with Gasteiger partial charge in [0.05, 0.1) is 10.7 Å². The normalized spacial score (nSPS) is 13.0. The van der Waals surface area contributed by atoms with Gasteiger partial charge in [0, 0.05) is 16.5 Å². The maximum atomic E-state index is 11.6. The van der Waals surface area contributed by atoms with Crippen molar-refractivity contribution >= 4 is 23.0 Å². The molecule has 0 saturated heterocycles. The zero-order chi connectivity index (χ0) is 15.6. The van der Waals surface area contributed by atoms with E-state index < -0.39 is 12.0 Å². The van der Waals surface area contributed by atoms with Crippen LogP contribution in [0.4, 0.5) is 5.69 Å². The van der Waals surface area contributed by atoms with E-state index in [9.17, 15) is 9.90 Å². The van der Waals surface area contributed by atoms with Crippen LogP contribution in [0.2, 0.25) is 0 Å². The molecule has 2 aromatic rings. The summed E-state index contributed by atoms with van der Waals surface area (Å²) in [6.07, 6.45) is 0. The monoisotopic (exact) mass is 304 g/mol. The Balaban J connectivity index is 2.30. The van der Waals surface area contributed by atoms with Crippen molar-refractivity contribution in [2.24, 2.45) is 0 Å². The molecule has 0 spiro atoms. The highest BCUT2D eigenvalue weighted by molar-refractivity contribution is 7.09. The second-order valence-corrected chi connectivity index (χ2v) is 6.92. The number of benzene rings is 1. The van der Waals surface area contributed by atoms with E-state index >= 15 is 0 Å². The second kappa shape index (κ2) is 5.85. The number of hydrogen-bond donors (Lipinski definition) is 2. The fraction of sp³-hybridized carbons (Fsp3) is 0.375. The van der Waals surface area contributed by atoms with Crippen LogP contribution in [0.3, 0.4) is 0 Å². The minimum atomic E-state index is -0.927. The topological polar surface area (TPSA) is 62.2 Å². The van der Waals surface area contributed by atoms with Crippen LogP contribution in [-0.4, -0.2) is 16.1 Å². The van der Waals surface area contributed by atoms with Crippen molar-refractivity contribution in [1.29, 1.82) is 0 Å². The third-order valence-electron chi connectivity index (χ3n) is 3.15. The highest BCUT2D eigenvalue weighted by Crippen LogP contribution is 2.29. The Kier molecular flexibility index (Phi) is 4.32. The molecule has 0 saturated carbocycles. The highest BCUT2D eigenvalue weighted by atomic mass is 32.1. The van der Waals surface area contributed by atoms with Crippen molar-refractivity contribution in [1.82, 2.24) is 4.98 Å². The quantitative estimate of drug-likeness (QED) is 0.896. The summed E-state index contributed by atoms with van der Waals surface area (Å²) in [6.45, 7) is 8.16. The number of nitrogens with one attached hydrogen (secondary N) is 1. The number of hydrogen-bond acceptors (Lipinski definition) is 4. The third-order valence-corrected chi connectivity index (χ3v) is 4.44. The van der Waals surface area contributed by atoms with Crippen LogP contribution >= 0.6 is 11.3 Å². The molecule has 21 heavy (non-hydrogen) atoms. The van der Waals surface area contributed by atoms with Crippen LogP contribution in [-0.2, 0) is 10.2 Å². The van der Waals surface area contributed by atoms with Gasteiger partial charge >= 0.3 is 5.97 Å². The summed E-state index contributed by atoms with van der Waals surface area (Å²) >= 11 is 1.50. The highest BCUT2D eigenvalue weighted by Gasteiger charge is 2.26. The molecule has 0 fully saturated rings. The summed E-state index contributed by atoms with van der Waals surface area (Å²) < 4.78 is 0. The van der Waals surface area contributed by atoms with Gasteiger partial charge in [-0.25, -0.2) is 9.78 Å². The Hall–Kier alpha value is -1.88. The summed E-state index contributed by atoms with van der Waals surface area (Å²) in [5.74, 6) is -0.927. The van der Waals surface area contributed by atoms with Crippen molar-refractivity contribution in [3.8, 4) is 0 Å². The largest absolute Gasteiger partial charge is 0.479 e. The number of nitrogens with zero attached hydrogens (tertiary/aromatic N) is 1. The molecular formula is C16H20N2O2S. The van der Waals surface area contributed by atoms with E-state index in [4.69, 9.17) is 0 Å². The number of carbonyl (C=O) groups is 1. The van der Waals surface area contributed by atoms with Crippen molar-refractivity contribution in [3.05, 3.63) is 45.9 Å². The zero-order valence-electron chi connectivity index (χ0n) is 12.7. The molecule has 1 aromatic heterocycles. The van der Waals surface area contributed by atoms with Crippen LogP contribution in [0.25, 0.3) is 0 Å². The average molecular weight is 304 g/mol. The van der Waals surface area contributed by atoms with Crippen molar-refractivity contribution < 1.29 is 9.90 Å². The fourth-order valence-corrected chi connectivity index (χ4v) is 2.85. The van der Waals surface area contributed by atoms with Crippen molar-refractivity contribution in [2.45, 2.75) is 39.2 Å². The van der Waals surface area contributed by atoms with Crippen molar-refractivity contribution in [2.75, 3.05) is 5.32 Å². The Bertz CT molecular complexity index is 644. The third kappa shape index (κ3) is 3.61. The van der Waals surface area contributed by atoms with Gasteiger partial charge in [0.2, 0.25) is 0 Å². The zero-order valence-corrected chi connectivity index (χ0v) is 13.5. The van der Waals surface area contributed by atoms with Crippen LogP contribution in [0.1, 0.15) is 43.1 Å². The van der Waals surface area contributed by atoms with Crippen LogP contribution in [0.5, 0.6) is 0 Å². The number of aliphatic carboxylic acids is 1. The van der Waals surface area contributed by atoms with Gasteiger partial charge < -0.3 is 10.4 Å². The van der Waals surface area contributed by atoms with E-state index in [0.29, 0.717) is 5.69 Å². The fourth-order valence-electron chi connectivity index (χ4n) is 1.92. The number of rotatable bonds is 4. The maximum absolute atomic E-state index is 11.6. The molecule has 0 bridgehead atoms. The number of anilines is 1. The van der Waals surface area contributed by atoms with Gasteiger partial charge in [0.1, 0.15) is 0 Å². The lowest BCUT2D eigenvalue weighted by Crippen LogP contribution is -2.22. The molecule has 2 rings (SSSR count). The average Bonchev–Trinajstić information content (AvgIpc) is 2.86. The van der Waals surface area contributed by atoms with Gasteiger partial charge in [0.15, 0.2) is 6.04 Å². The van der Waals surface area contributed by atoms with Gasteiger partial charge in [-0.15, -0.1) is 11.3 Å². The molecule has 1 unspecified atom stereocenters. The SMILES string of the molecule is Cc1ccccc1NC(C(=O)O)c1csc(C(C)(C)C)n1. The summed E-state index contributed by atoms with van der Waals surface area (Å²) in [4.78, 5) is 16.1. The lowest BCUT2D eigenvalue weighted by atomic mass is 9.98. The standard InChI is InChI=1S/C16H20N2O2S/c1-10-7-5-6-8-11(10)17-13(14(19)20)12-9-21-15(18-12)16(2,3)4/h5-9,13,17H,1-4H3,(H,19,20). The van der Waals surface area contributed by atoms with Crippen molar-refractivity contribution in [3.63, 3.8) is 0 Å². The minimum absolute atomic E-state index is 0.0748. The summed E-state index contributed by atoms with van der Waals surface area (Å²) in [7, 11) is 0.